The molecule has 0 bridgehead atoms. The molecule has 0 atom stereocenters. The van der Waals surface area contributed by atoms with E-state index in [-0.39, 0.29) is 63.7 Å². The van der Waals surface area contributed by atoms with E-state index in [0.717, 1.165) is 11.1 Å². The molecule has 0 N–H and O–H groups in total. The van der Waals surface area contributed by atoms with Gasteiger partial charge in [-0.15, -0.1) is 0 Å². The van der Waals surface area contributed by atoms with E-state index in [1.54, 1.807) is 60.7 Å². The van der Waals surface area contributed by atoms with Crippen LogP contribution in [0.3, 0.4) is 0 Å². The topological polar surface area (TPSA) is 92.7 Å². The van der Waals surface area contributed by atoms with Gasteiger partial charge in [-0.3, -0.25) is 9.59 Å². The van der Waals surface area contributed by atoms with Gasteiger partial charge in [0.15, 0.2) is 11.6 Å². The summed E-state index contributed by atoms with van der Waals surface area (Å²) in [6.45, 7) is 0. The molecule has 0 aromatic heterocycles. The van der Waals surface area contributed by atoms with E-state index < -0.39 is 7.82 Å². The van der Waals surface area contributed by atoms with Gasteiger partial charge in [0, 0.05) is 21.2 Å². The first-order chi connectivity index (χ1) is 18.7. The first-order valence-corrected chi connectivity index (χ1v) is 13.7. The summed E-state index contributed by atoms with van der Waals surface area (Å²) in [7, 11) is -4.91. The van der Waals surface area contributed by atoms with Gasteiger partial charge in [0.05, 0.1) is 0 Å². The largest absolute Gasteiger partial charge is 1.00 e. The number of hydrogen-bond acceptors (Lipinski definition) is 6. The zero-order valence-corrected chi connectivity index (χ0v) is 25.6. The summed E-state index contributed by atoms with van der Waals surface area (Å²) in [5.74, 6) is -0.903. The maximum Gasteiger partial charge on any atom is 1.00 e. The van der Waals surface area contributed by atoms with Gasteiger partial charge in [-0.25, -0.2) is 4.57 Å². The first kappa shape index (κ1) is 31.6. The second-order valence-electron chi connectivity index (χ2n) is 8.18. The molecule has 0 radical (unpaired) electrons. The van der Waals surface area contributed by atoms with Crippen molar-refractivity contribution in [3.63, 3.8) is 0 Å². The van der Waals surface area contributed by atoms with Crippen molar-refractivity contribution >= 4 is 54.7 Å². The fraction of sp³-hybridized carbons (Fsp3) is 0. The smallest absolute Gasteiger partial charge is 0.736 e. The van der Waals surface area contributed by atoms with Crippen molar-refractivity contribution < 1.29 is 57.7 Å². The molecule has 0 saturated heterocycles. The van der Waals surface area contributed by atoms with Crippen LogP contribution in [0, 0.1) is 0 Å². The number of ketones is 2. The number of halogens is 2. The molecule has 4 rings (SSSR count). The van der Waals surface area contributed by atoms with Crippen LogP contribution >= 0.6 is 31.0 Å². The summed E-state index contributed by atoms with van der Waals surface area (Å²) >= 11 is 11.7. The summed E-state index contributed by atoms with van der Waals surface area (Å²) in [5.41, 5.74) is 1.99. The third kappa shape index (κ3) is 9.61. The second-order valence-corrected chi connectivity index (χ2v) is 10.3. The summed E-state index contributed by atoms with van der Waals surface area (Å²) < 4.78 is 22.7. The molecule has 0 aliphatic carbocycles. The van der Waals surface area contributed by atoms with E-state index in [1.807, 2.05) is 0 Å². The van der Waals surface area contributed by atoms with Gasteiger partial charge in [-0.1, -0.05) is 83.9 Å². The Balaban J connectivity index is 0.00000441. The van der Waals surface area contributed by atoms with Crippen molar-refractivity contribution in [2.24, 2.45) is 0 Å². The summed E-state index contributed by atoms with van der Waals surface area (Å²) in [6, 6.07) is 25.3. The number of rotatable bonds is 10. The van der Waals surface area contributed by atoms with Crippen LogP contribution in [0.25, 0.3) is 12.2 Å². The zero-order valence-electron chi connectivity index (χ0n) is 21.2. The van der Waals surface area contributed by atoms with Gasteiger partial charge in [0.2, 0.25) is 0 Å². The van der Waals surface area contributed by atoms with Gasteiger partial charge >= 0.3 is 37.4 Å². The molecule has 6 nitrogen and oxygen atoms in total. The first-order valence-electron chi connectivity index (χ1n) is 11.5. The van der Waals surface area contributed by atoms with Crippen LogP contribution in [-0.2, 0) is 4.57 Å². The number of benzene rings is 4. The summed E-state index contributed by atoms with van der Waals surface area (Å²) in [6.07, 6.45) is 5.96. The van der Waals surface area contributed by atoms with E-state index in [2.05, 4.69) is 0 Å². The predicted octanol–water partition coefficient (Wildman–Crippen LogP) is 4.72. The number of phosphoric acid groups is 1. The Labute approximate surface area is 263 Å². The van der Waals surface area contributed by atoms with Gasteiger partial charge in [0.25, 0.3) is 0 Å². The van der Waals surface area contributed by atoms with Gasteiger partial charge in [-0.05, 0) is 71.8 Å². The van der Waals surface area contributed by atoms with Crippen LogP contribution in [-0.4, -0.2) is 11.6 Å². The molecule has 0 saturated carbocycles. The second kappa shape index (κ2) is 14.6. The van der Waals surface area contributed by atoms with Crippen LogP contribution in [0.1, 0.15) is 31.8 Å². The number of phosphoric ester groups is 1. The van der Waals surface area contributed by atoms with E-state index in [4.69, 9.17) is 32.2 Å². The third-order valence-corrected chi connectivity index (χ3v) is 6.64. The van der Waals surface area contributed by atoms with Crippen molar-refractivity contribution in [2.45, 2.75) is 0 Å². The number of carbonyl (C=O) groups excluding carboxylic acids is 2. The summed E-state index contributed by atoms with van der Waals surface area (Å²) in [4.78, 5) is 37.7. The Hall–Kier alpha value is -2.93. The van der Waals surface area contributed by atoms with E-state index in [9.17, 15) is 19.0 Å². The average molecular weight is 601 g/mol. The molecule has 0 fully saturated rings. The Bertz CT molecular complexity index is 1480. The minimum Gasteiger partial charge on any atom is -0.736 e. The molecular weight excluding hydrogens is 581 g/mol. The molecule has 0 amide bonds. The molecule has 4 aromatic rings. The van der Waals surface area contributed by atoms with Gasteiger partial charge in [0.1, 0.15) is 11.5 Å². The molecular formula is C30H20Cl2NaO6P. The van der Waals surface area contributed by atoms with Crippen LogP contribution in [0.15, 0.2) is 109 Å². The molecule has 10 heteroatoms. The van der Waals surface area contributed by atoms with E-state index in [1.165, 1.54) is 60.7 Å². The minimum atomic E-state index is -4.91. The van der Waals surface area contributed by atoms with Crippen molar-refractivity contribution in [1.29, 1.82) is 0 Å². The molecule has 40 heavy (non-hydrogen) atoms. The quantitative estimate of drug-likeness (QED) is 0.113. The Morgan fingerprint density at radius 1 is 0.650 bits per heavy atom. The molecule has 0 aliphatic rings. The molecule has 4 aromatic carbocycles. The predicted molar refractivity (Wildman–Crippen MR) is 151 cm³/mol. The van der Waals surface area contributed by atoms with E-state index >= 15 is 0 Å². The molecule has 0 spiro atoms. The number of hydrogen-bond donors (Lipinski definition) is 0. The van der Waals surface area contributed by atoms with Crippen LogP contribution in [0.5, 0.6) is 11.5 Å². The van der Waals surface area contributed by atoms with Crippen LogP contribution in [0.4, 0.5) is 0 Å². The normalized spacial score (nSPS) is 12.5. The van der Waals surface area contributed by atoms with E-state index in [0.29, 0.717) is 10.0 Å². The van der Waals surface area contributed by atoms with Gasteiger partial charge < -0.3 is 13.9 Å². The average Bonchev–Trinajstić information content (AvgIpc) is 2.92. The fourth-order valence-electron chi connectivity index (χ4n) is 3.37. The SMILES string of the molecule is O=C(C=Cc1ccc(Cl)cc1)c1cccc(OP(=O)([O-])Oc2cccc(C(=O)C=Cc3ccc(Cl)cc3)c2)c1.[Na+]. The Morgan fingerprint density at radius 2 is 1.02 bits per heavy atom. The molecule has 0 aliphatic heterocycles. The van der Waals surface area contributed by atoms with Crippen molar-refractivity contribution in [1.82, 2.24) is 0 Å². The Morgan fingerprint density at radius 3 is 1.40 bits per heavy atom. The molecule has 0 heterocycles. The van der Waals surface area contributed by atoms with Crippen molar-refractivity contribution in [3.05, 3.63) is 142 Å². The molecule has 0 unspecified atom stereocenters. The van der Waals surface area contributed by atoms with Crippen molar-refractivity contribution in [3.8, 4) is 11.5 Å². The summed E-state index contributed by atoms with van der Waals surface area (Å²) in [5, 5.41) is 1.16. The Kier molecular flexibility index (Phi) is 11.6. The maximum absolute atomic E-state index is 12.6. The fourth-order valence-corrected chi connectivity index (χ4v) is 4.41. The molecule has 196 valence electrons. The van der Waals surface area contributed by atoms with Crippen LogP contribution in [0.2, 0.25) is 10.0 Å². The van der Waals surface area contributed by atoms with Crippen molar-refractivity contribution in [2.75, 3.05) is 0 Å². The third-order valence-electron chi connectivity index (χ3n) is 5.27. The monoisotopic (exact) mass is 600 g/mol. The maximum atomic E-state index is 12.6. The van der Waals surface area contributed by atoms with Gasteiger partial charge in [-0.2, -0.15) is 0 Å². The number of carbonyl (C=O) groups is 2. The number of allylic oxidation sites excluding steroid dienone is 2. The van der Waals surface area contributed by atoms with Crippen LogP contribution < -0.4 is 43.5 Å². The minimum absolute atomic E-state index is 0. The standard InChI is InChI=1S/C30H21Cl2O6P.Na/c31-25-13-7-21(8-14-25)11-17-29(33)23-3-1-5-27(19-23)37-39(35,36)38-28-6-2-4-24(20-28)30(34)18-12-22-9-15-26(32)16-10-22;/h1-20H,(H,35,36);/q;+1/p-1. The zero-order chi connectivity index (χ0) is 27.8.